The predicted molar refractivity (Wildman–Crippen MR) is 102 cm³/mol. The highest BCUT2D eigenvalue weighted by molar-refractivity contribution is 5.94. The number of rotatable bonds is 3. The highest BCUT2D eigenvalue weighted by Crippen LogP contribution is 2.50. The zero-order chi connectivity index (χ0) is 20.0. The molecule has 2 aliphatic heterocycles. The average molecular weight is 396 g/mol. The number of amides is 2. The van der Waals surface area contributed by atoms with Crippen LogP contribution in [0.25, 0.3) is 0 Å². The number of nitrogens with zero attached hydrogens (tertiary/aromatic N) is 2. The maximum absolute atomic E-state index is 13.9. The van der Waals surface area contributed by atoms with E-state index in [1.807, 2.05) is 23.1 Å². The maximum atomic E-state index is 13.9. The summed E-state index contributed by atoms with van der Waals surface area (Å²) in [6, 6.07) is 11.9. The normalized spacial score (nSPS) is 22.5. The largest absolute Gasteiger partial charge is 0.454 e. The monoisotopic (exact) mass is 396 g/mol. The van der Waals surface area contributed by atoms with Crippen LogP contribution in [0.5, 0.6) is 11.5 Å². The van der Waals surface area contributed by atoms with E-state index in [4.69, 9.17) is 9.47 Å². The summed E-state index contributed by atoms with van der Waals surface area (Å²) in [5.74, 6) is 0.958. The Hall–Kier alpha value is -3.09. The van der Waals surface area contributed by atoms with Crippen LogP contribution in [0, 0.1) is 11.7 Å². The minimum Gasteiger partial charge on any atom is -0.454 e. The van der Waals surface area contributed by atoms with Crippen LogP contribution in [0.3, 0.4) is 0 Å². The fourth-order valence-electron chi connectivity index (χ4n) is 4.15. The number of fused-ring (bicyclic) bond motifs is 1. The first-order valence-electron chi connectivity index (χ1n) is 9.84. The second-order valence-corrected chi connectivity index (χ2v) is 7.66. The molecule has 1 saturated carbocycles. The second-order valence-electron chi connectivity index (χ2n) is 7.66. The molecule has 2 aromatic carbocycles. The van der Waals surface area contributed by atoms with E-state index in [9.17, 15) is 14.0 Å². The van der Waals surface area contributed by atoms with Gasteiger partial charge < -0.3 is 19.3 Å². The van der Waals surface area contributed by atoms with Gasteiger partial charge in [-0.25, -0.2) is 4.39 Å². The molecule has 1 aliphatic carbocycles. The van der Waals surface area contributed by atoms with Gasteiger partial charge in [0.2, 0.25) is 12.7 Å². The molecule has 0 bridgehead atoms. The Labute approximate surface area is 167 Å². The van der Waals surface area contributed by atoms with Gasteiger partial charge in [0.05, 0.1) is 5.56 Å². The van der Waals surface area contributed by atoms with Crippen LogP contribution in [0.2, 0.25) is 0 Å². The molecule has 0 aromatic heterocycles. The number of halogens is 1. The first-order chi connectivity index (χ1) is 14.1. The summed E-state index contributed by atoms with van der Waals surface area (Å²) in [6.07, 6.45) is 0.826. The van der Waals surface area contributed by atoms with Gasteiger partial charge in [-0.3, -0.25) is 9.59 Å². The molecule has 0 unspecified atom stereocenters. The molecule has 0 radical (unpaired) electrons. The number of piperazine rings is 1. The smallest absolute Gasteiger partial charge is 0.256 e. The van der Waals surface area contributed by atoms with E-state index < -0.39 is 5.82 Å². The highest BCUT2D eigenvalue weighted by atomic mass is 19.1. The lowest BCUT2D eigenvalue weighted by Crippen LogP contribution is -2.51. The van der Waals surface area contributed by atoms with E-state index in [0.29, 0.717) is 26.2 Å². The first-order valence-corrected chi connectivity index (χ1v) is 9.84. The standard InChI is InChI=1S/C22H21FN2O4/c23-18-4-2-1-3-15(18)21(26)24-7-9-25(10-8-24)22(27)17-12-16(17)14-5-6-19-20(11-14)29-13-28-19/h1-6,11,16-17H,7-10,12-13H2/t16-,17-/m1/s1. The van der Waals surface area contributed by atoms with Crippen molar-refractivity contribution in [3.8, 4) is 11.5 Å². The number of carbonyl (C=O) groups excluding carboxylic acids is 2. The number of benzene rings is 2. The van der Waals surface area contributed by atoms with Crippen molar-refractivity contribution < 1.29 is 23.5 Å². The number of hydrogen-bond acceptors (Lipinski definition) is 4. The van der Waals surface area contributed by atoms with Crippen LogP contribution >= 0.6 is 0 Å². The quantitative estimate of drug-likeness (QED) is 0.800. The molecule has 3 aliphatic rings. The summed E-state index contributed by atoms with van der Waals surface area (Å²) in [6.45, 7) is 2.02. The second kappa shape index (κ2) is 7.06. The molecule has 2 atom stereocenters. The van der Waals surface area contributed by atoms with Crippen molar-refractivity contribution in [1.82, 2.24) is 9.80 Å². The Kier molecular flexibility index (Phi) is 4.38. The van der Waals surface area contributed by atoms with Gasteiger partial charge in [0.1, 0.15) is 5.82 Å². The minimum atomic E-state index is -0.513. The third kappa shape index (κ3) is 3.30. The summed E-state index contributed by atoms with van der Waals surface area (Å²) >= 11 is 0. The lowest BCUT2D eigenvalue weighted by Gasteiger charge is -2.35. The molecule has 2 amide bonds. The van der Waals surface area contributed by atoms with Crippen LogP contribution in [-0.2, 0) is 4.79 Å². The molecule has 2 aromatic rings. The Balaban J connectivity index is 1.18. The molecular weight excluding hydrogens is 375 g/mol. The molecule has 5 rings (SSSR count). The third-order valence-electron chi connectivity index (χ3n) is 5.92. The van der Waals surface area contributed by atoms with Gasteiger partial charge in [0, 0.05) is 32.1 Å². The van der Waals surface area contributed by atoms with E-state index in [2.05, 4.69) is 0 Å². The number of carbonyl (C=O) groups is 2. The molecule has 29 heavy (non-hydrogen) atoms. The van der Waals surface area contributed by atoms with Gasteiger partial charge in [-0.15, -0.1) is 0 Å². The summed E-state index contributed by atoms with van der Waals surface area (Å²) in [4.78, 5) is 28.9. The fraction of sp³-hybridized carbons (Fsp3) is 0.364. The van der Waals surface area contributed by atoms with Crippen LogP contribution in [0.4, 0.5) is 4.39 Å². The van der Waals surface area contributed by atoms with Gasteiger partial charge >= 0.3 is 0 Å². The van der Waals surface area contributed by atoms with Crippen molar-refractivity contribution in [2.75, 3.05) is 33.0 Å². The van der Waals surface area contributed by atoms with Crippen molar-refractivity contribution in [3.63, 3.8) is 0 Å². The first kappa shape index (κ1) is 18.0. The minimum absolute atomic E-state index is 0.0239. The third-order valence-corrected chi connectivity index (χ3v) is 5.92. The zero-order valence-electron chi connectivity index (χ0n) is 15.8. The van der Waals surface area contributed by atoms with Crippen molar-refractivity contribution >= 4 is 11.8 Å². The fourth-order valence-corrected chi connectivity index (χ4v) is 4.15. The van der Waals surface area contributed by atoms with Crippen LogP contribution < -0.4 is 9.47 Å². The van der Waals surface area contributed by atoms with Crippen molar-refractivity contribution in [3.05, 3.63) is 59.4 Å². The van der Waals surface area contributed by atoms with E-state index in [1.54, 1.807) is 17.0 Å². The predicted octanol–water partition coefficient (Wildman–Crippen LogP) is 2.64. The van der Waals surface area contributed by atoms with E-state index in [-0.39, 0.29) is 36.0 Å². The molecule has 2 heterocycles. The van der Waals surface area contributed by atoms with Crippen molar-refractivity contribution in [1.29, 1.82) is 0 Å². The van der Waals surface area contributed by atoms with E-state index in [1.165, 1.54) is 12.1 Å². The Morgan fingerprint density at radius 1 is 0.931 bits per heavy atom. The van der Waals surface area contributed by atoms with Gasteiger partial charge in [0.15, 0.2) is 11.5 Å². The van der Waals surface area contributed by atoms with Crippen LogP contribution in [0.15, 0.2) is 42.5 Å². The van der Waals surface area contributed by atoms with Gasteiger partial charge in [-0.1, -0.05) is 18.2 Å². The molecular formula is C22H21FN2O4. The van der Waals surface area contributed by atoms with Crippen molar-refractivity contribution in [2.24, 2.45) is 5.92 Å². The molecule has 7 heteroatoms. The summed E-state index contributed by atoms with van der Waals surface area (Å²) in [5, 5.41) is 0. The lowest BCUT2D eigenvalue weighted by atomic mass is 10.1. The van der Waals surface area contributed by atoms with Crippen LogP contribution in [-0.4, -0.2) is 54.6 Å². The number of ether oxygens (including phenoxy) is 2. The van der Waals surface area contributed by atoms with E-state index >= 15 is 0 Å². The number of hydrogen-bond donors (Lipinski definition) is 0. The lowest BCUT2D eigenvalue weighted by molar-refractivity contribution is -0.134. The molecule has 6 nitrogen and oxygen atoms in total. The van der Waals surface area contributed by atoms with Crippen molar-refractivity contribution in [2.45, 2.75) is 12.3 Å². The molecule has 0 N–H and O–H groups in total. The summed E-state index contributed by atoms with van der Waals surface area (Å²) in [7, 11) is 0. The van der Waals surface area contributed by atoms with Gasteiger partial charge in [-0.05, 0) is 42.2 Å². The Morgan fingerprint density at radius 3 is 2.45 bits per heavy atom. The maximum Gasteiger partial charge on any atom is 0.256 e. The zero-order valence-corrected chi connectivity index (χ0v) is 15.8. The topological polar surface area (TPSA) is 59.1 Å². The Morgan fingerprint density at radius 2 is 1.66 bits per heavy atom. The molecule has 0 spiro atoms. The summed E-state index contributed by atoms with van der Waals surface area (Å²) in [5.41, 5.74) is 1.18. The van der Waals surface area contributed by atoms with Gasteiger partial charge in [0.25, 0.3) is 5.91 Å². The summed E-state index contributed by atoms with van der Waals surface area (Å²) < 4.78 is 24.6. The van der Waals surface area contributed by atoms with Gasteiger partial charge in [-0.2, -0.15) is 0 Å². The highest BCUT2D eigenvalue weighted by Gasteiger charge is 2.46. The molecule has 2 fully saturated rings. The Bertz CT molecular complexity index is 971. The van der Waals surface area contributed by atoms with Crippen LogP contribution in [0.1, 0.15) is 28.3 Å². The average Bonchev–Trinajstić information content (AvgIpc) is 3.42. The SMILES string of the molecule is O=C(c1ccccc1F)N1CCN(C(=O)[C@@H]2C[C@@H]2c2ccc3c(c2)OCO3)CC1. The van der Waals surface area contributed by atoms with E-state index in [0.717, 1.165) is 23.5 Å². The molecule has 1 saturated heterocycles. The molecule has 150 valence electrons.